The van der Waals surface area contributed by atoms with Gasteiger partial charge in [0.2, 0.25) is 0 Å². The minimum absolute atomic E-state index is 0.331. The van der Waals surface area contributed by atoms with Gasteiger partial charge in [-0.3, -0.25) is 0 Å². The standard InChI is InChI=1S/C7H5N.C7H6O2.2C2H6/c1-8-7-5-3-2-4-6-7;8-7(9)6-4-2-1-3-5-6;2*1-2/h2-6H;1-5H,(H,8,9);2*1-2H3. The lowest BCUT2D eigenvalue weighted by Gasteiger charge is -1.88. The van der Waals surface area contributed by atoms with Crippen molar-refractivity contribution in [3.8, 4) is 0 Å². The molecule has 0 saturated heterocycles. The first-order valence-corrected chi connectivity index (χ1v) is 6.95. The Morgan fingerprint density at radius 2 is 1.24 bits per heavy atom. The molecule has 0 spiro atoms. The van der Waals surface area contributed by atoms with Gasteiger partial charge in [0.25, 0.3) is 0 Å². The largest absolute Gasteiger partial charge is 0.478 e. The number of rotatable bonds is 1. The van der Waals surface area contributed by atoms with E-state index in [-0.39, 0.29) is 0 Å². The van der Waals surface area contributed by atoms with Crippen LogP contribution in [0.1, 0.15) is 38.1 Å². The fourth-order valence-electron chi connectivity index (χ4n) is 1.08. The molecule has 3 nitrogen and oxygen atoms in total. The number of benzene rings is 2. The van der Waals surface area contributed by atoms with Crippen molar-refractivity contribution in [3.05, 3.63) is 77.6 Å². The number of hydrogen-bond acceptors (Lipinski definition) is 1. The van der Waals surface area contributed by atoms with E-state index >= 15 is 0 Å². The molecule has 112 valence electrons. The van der Waals surface area contributed by atoms with Crippen LogP contribution in [0.25, 0.3) is 4.85 Å². The van der Waals surface area contributed by atoms with Crippen LogP contribution in [0.5, 0.6) is 0 Å². The van der Waals surface area contributed by atoms with E-state index in [1.807, 2.05) is 45.9 Å². The first kappa shape index (κ1) is 20.7. The smallest absolute Gasteiger partial charge is 0.335 e. The summed E-state index contributed by atoms with van der Waals surface area (Å²) < 4.78 is 0. The Hall–Kier alpha value is -2.60. The van der Waals surface area contributed by atoms with Gasteiger partial charge in [-0.2, -0.15) is 0 Å². The molecule has 0 fully saturated rings. The van der Waals surface area contributed by atoms with Crippen molar-refractivity contribution in [2.24, 2.45) is 0 Å². The van der Waals surface area contributed by atoms with E-state index in [1.54, 1.807) is 42.5 Å². The van der Waals surface area contributed by atoms with Crippen molar-refractivity contribution < 1.29 is 9.90 Å². The fraction of sp³-hybridized carbons (Fsp3) is 0.222. The van der Waals surface area contributed by atoms with Crippen molar-refractivity contribution in [2.45, 2.75) is 27.7 Å². The lowest BCUT2D eigenvalue weighted by molar-refractivity contribution is 0.0697. The van der Waals surface area contributed by atoms with Gasteiger partial charge in [0.05, 0.1) is 12.1 Å². The van der Waals surface area contributed by atoms with Gasteiger partial charge < -0.3 is 5.11 Å². The van der Waals surface area contributed by atoms with Crippen LogP contribution < -0.4 is 0 Å². The summed E-state index contributed by atoms with van der Waals surface area (Å²) >= 11 is 0. The zero-order valence-electron chi connectivity index (χ0n) is 13.1. The highest BCUT2D eigenvalue weighted by Gasteiger charge is 1.96. The van der Waals surface area contributed by atoms with Gasteiger partial charge in [-0.1, -0.05) is 76.2 Å². The zero-order valence-corrected chi connectivity index (χ0v) is 13.1. The second-order valence-corrected chi connectivity index (χ2v) is 3.12. The third-order valence-electron chi connectivity index (χ3n) is 1.91. The fourth-order valence-corrected chi connectivity index (χ4v) is 1.08. The summed E-state index contributed by atoms with van der Waals surface area (Å²) in [6.07, 6.45) is 0. The Balaban J connectivity index is 0. The molecule has 2 rings (SSSR count). The maximum atomic E-state index is 10.2. The van der Waals surface area contributed by atoms with Crippen molar-refractivity contribution in [1.82, 2.24) is 0 Å². The van der Waals surface area contributed by atoms with Gasteiger partial charge in [0.1, 0.15) is 0 Å². The lowest BCUT2D eigenvalue weighted by atomic mass is 10.2. The number of nitrogens with zero attached hydrogens (tertiary/aromatic N) is 1. The number of carboxylic acids is 1. The molecular formula is C18H23NO2. The Morgan fingerprint density at radius 1 is 0.857 bits per heavy atom. The Kier molecular flexibility index (Phi) is 15.2. The van der Waals surface area contributed by atoms with Gasteiger partial charge in [0, 0.05) is 0 Å². The summed E-state index contributed by atoms with van der Waals surface area (Å²) in [6.45, 7) is 14.6. The molecule has 0 atom stereocenters. The summed E-state index contributed by atoms with van der Waals surface area (Å²) in [4.78, 5) is 13.4. The number of hydrogen-bond donors (Lipinski definition) is 1. The first-order chi connectivity index (χ1) is 10.2. The summed E-state index contributed by atoms with van der Waals surface area (Å²) in [5, 5.41) is 8.38. The third kappa shape index (κ3) is 11.0. The van der Waals surface area contributed by atoms with Crippen LogP contribution in [0.4, 0.5) is 5.69 Å². The minimum Gasteiger partial charge on any atom is -0.478 e. The molecule has 0 saturated carbocycles. The molecule has 0 bridgehead atoms. The molecular weight excluding hydrogens is 262 g/mol. The average Bonchev–Trinajstić information content (AvgIpc) is 2.60. The van der Waals surface area contributed by atoms with Gasteiger partial charge in [0.15, 0.2) is 5.69 Å². The highest BCUT2D eigenvalue weighted by Crippen LogP contribution is 2.07. The first-order valence-electron chi connectivity index (χ1n) is 6.95. The Morgan fingerprint density at radius 3 is 1.48 bits per heavy atom. The molecule has 2 aromatic rings. The molecule has 0 aromatic heterocycles. The maximum Gasteiger partial charge on any atom is 0.335 e. The molecule has 0 aliphatic heterocycles. The van der Waals surface area contributed by atoms with E-state index in [2.05, 4.69) is 4.85 Å². The lowest BCUT2D eigenvalue weighted by Crippen LogP contribution is -1.93. The molecule has 0 aliphatic carbocycles. The molecule has 3 heteroatoms. The molecule has 0 radical (unpaired) electrons. The quantitative estimate of drug-likeness (QED) is 0.685. The van der Waals surface area contributed by atoms with Crippen LogP contribution >= 0.6 is 0 Å². The van der Waals surface area contributed by atoms with Crippen molar-refractivity contribution in [2.75, 3.05) is 0 Å². The number of carbonyl (C=O) groups is 1. The predicted molar refractivity (Wildman–Crippen MR) is 88.8 cm³/mol. The van der Waals surface area contributed by atoms with Gasteiger partial charge >= 0.3 is 5.97 Å². The summed E-state index contributed by atoms with van der Waals surface area (Å²) in [6, 6.07) is 17.5. The van der Waals surface area contributed by atoms with Gasteiger partial charge in [-0.15, -0.1) is 0 Å². The summed E-state index contributed by atoms with van der Waals surface area (Å²) in [7, 11) is 0. The van der Waals surface area contributed by atoms with E-state index in [1.165, 1.54) is 0 Å². The van der Waals surface area contributed by atoms with Crippen LogP contribution in [0.3, 0.4) is 0 Å². The molecule has 0 unspecified atom stereocenters. The zero-order chi connectivity index (χ0) is 16.5. The second kappa shape index (κ2) is 15.5. The van der Waals surface area contributed by atoms with Crippen LogP contribution in [-0.4, -0.2) is 11.1 Å². The second-order valence-electron chi connectivity index (χ2n) is 3.12. The molecule has 0 amide bonds. The number of aromatic carboxylic acids is 1. The highest BCUT2D eigenvalue weighted by atomic mass is 16.4. The van der Waals surface area contributed by atoms with Crippen LogP contribution in [0, 0.1) is 6.57 Å². The van der Waals surface area contributed by atoms with E-state index in [0.717, 1.165) is 0 Å². The van der Waals surface area contributed by atoms with Crippen molar-refractivity contribution in [1.29, 1.82) is 0 Å². The molecule has 0 aliphatic rings. The molecule has 0 heterocycles. The SMILES string of the molecule is CC.CC.O=C(O)c1ccccc1.[C-]#[N+]c1ccccc1. The van der Waals surface area contributed by atoms with Crippen molar-refractivity contribution >= 4 is 11.7 Å². The van der Waals surface area contributed by atoms with E-state index in [0.29, 0.717) is 11.3 Å². The van der Waals surface area contributed by atoms with Gasteiger partial charge in [-0.05, 0) is 12.1 Å². The third-order valence-corrected chi connectivity index (χ3v) is 1.91. The summed E-state index contributed by atoms with van der Waals surface area (Å²) in [5.74, 6) is -0.879. The van der Waals surface area contributed by atoms with Crippen molar-refractivity contribution in [3.63, 3.8) is 0 Å². The maximum absolute atomic E-state index is 10.2. The van der Waals surface area contributed by atoms with Crippen LogP contribution in [-0.2, 0) is 0 Å². The highest BCUT2D eigenvalue weighted by molar-refractivity contribution is 5.87. The van der Waals surface area contributed by atoms with E-state index in [4.69, 9.17) is 11.7 Å². The van der Waals surface area contributed by atoms with Crippen LogP contribution in [0.2, 0.25) is 0 Å². The van der Waals surface area contributed by atoms with E-state index in [9.17, 15) is 4.79 Å². The number of para-hydroxylation sites is 1. The van der Waals surface area contributed by atoms with Gasteiger partial charge in [-0.25, -0.2) is 9.64 Å². The monoisotopic (exact) mass is 285 g/mol. The molecule has 1 N–H and O–H groups in total. The predicted octanol–water partition coefficient (Wildman–Crippen LogP) is 5.67. The normalized spacial score (nSPS) is 7.38. The topological polar surface area (TPSA) is 41.7 Å². The Labute approximate surface area is 127 Å². The Bertz CT molecular complexity index is 502. The minimum atomic E-state index is -0.879. The summed E-state index contributed by atoms with van der Waals surface area (Å²) in [5.41, 5.74) is 1.03. The molecule has 21 heavy (non-hydrogen) atoms. The van der Waals surface area contributed by atoms with E-state index < -0.39 is 5.97 Å². The average molecular weight is 285 g/mol. The number of carboxylic acid groups (broad SMARTS) is 1. The molecule has 2 aromatic carbocycles. The van der Waals surface area contributed by atoms with Crippen LogP contribution in [0.15, 0.2) is 60.7 Å².